The van der Waals surface area contributed by atoms with Gasteiger partial charge in [0.2, 0.25) is 0 Å². The summed E-state index contributed by atoms with van der Waals surface area (Å²) >= 11 is 1.78. The zero-order valence-electron chi connectivity index (χ0n) is 8.29. The smallest absolute Gasteiger partial charge is 0.0939 e. The van der Waals surface area contributed by atoms with E-state index in [1.807, 2.05) is 0 Å². The first-order chi connectivity index (χ1) is 6.79. The van der Waals surface area contributed by atoms with E-state index in [-0.39, 0.29) is 0 Å². The van der Waals surface area contributed by atoms with Gasteiger partial charge in [-0.2, -0.15) is 0 Å². The van der Waals surface area contributed by atoms with Crippen LogP contribution < -0.4 is 5.73 Å². The van der Waals surface area contributed by atoms with Crippen LogP contribution in [0, 0.1) is 6.92 Å². The maximum absolute atomic E-state index is 5.47. The van der Waals surface area contributed by atoms with Gasteiger partial charge in [-0.15, -0.1) is 11.3 Å². The van der Waals surface area contributed by atoms with Crippen molar-refractivity contribution in [2.24, 2.45) is 5.73 Å². The Morgan fingerprint density at radius 1 is 1.43 bits per heavy atom. The van der Waals surface area contributed by atoms with Crippen molar-refractivity contribution in [1.29, 1.82) is 0 Å². The highest BCUT2D eigenvalue weighted by molar-refractivity contribution is 7.18. The molecule has 0 saturated carbocycles. The molecule has 2 N–H and O–H groups in total. The lowest BCUT2D eigenvalue weighted by Gasteiger charge is -1.90. The van der Waals surface area contributed by atoms with Gasteiger partial charge < -0.3 is 5.73 Å². The molecule has 1 aromatic carbocycles. The Labute approximate surface area is 87.8 Å². The van der Waals surface area contributed by atoms with E-state index in [1.165, 1.54) is 15.3 Å². The second-order valence-electron chi connectivity index (χ2n) is 3.47. The van der Waals surface area contributed by atoms with Crippen LogP contribution in [0.5, 0.6) is 0 Å². The zero-order valence-corrected chi connectivity index (χ0v) is 9.10. The molecule has 1 heterocycles. The molecule has 0 aliphatic heterocycles. The molecule has 2 aromatic rings. The van der Waals surface area contributed by atoms with Crippen molar-refractivity contribution in [2.75, 3.05) is 6.54 Å². The largest absolute Gasteiger partial charge is 0.330 e. The molecule has 2 nitrogen and oxygen atoms in total. The van der Waals surface area contributed by atoms with Crippen LogP contribution in [-0.4, -0.2) is 11.5 Å². The van der Waals surface area contributed by atoms with E-state index >= 15 is 0 Å². The van der Waals surface area contributed by atoms with Gasteiger partial charge in [0.15, 0.2) is 0 Å². The SMILES string of the molecule is Cc1ccc2sc(CCCN)nc2c1. The molecule has 0 atom stereocenters. The Kier molecular flexibility index (Phi) is 2.79. The van der Waals surface area contributed by atoms with Crippen LogP contribution in [0.1, 0.15) is 17.0 Å². The van der Waals surface area contributed by atoms with Gasteiger partial charge in [0.1, 0.15) is 0 Å². The van der Waals surface area contributed by atoms with E-state index in [9.17, 15) is 0 Å². The molecule has 0 spiro atoms. The third-order valence-electron chi connectivity index (χ3n) is 2.18. The Morgan fingerprint density at radius 3 is 3.07 bits per heavy atom. The van der Waals surface area contributed by atoms with E-state index in [0.717, 1.165) is 24.9 Å². The lowest BCUT2D eigenvalue weighted by Crippen LogP contribution is -1.99. The highest BCUT2D eigenvalue weighted by Crippen LogP contribution is 2.23. The van der Waals surface area contributed by atoms with Crippen LogP contribution in [0.15, 0.2) is 18.2 Å². The van der Waals surface area contributed by atoms with Crippen LogP contribution in [0.3, 0.4) is 0 Å². The fraction of sp³-hybridized carbons (Fsp3) is 0.364. The summed E-state index contributed by atoms with van der Waals surface area (Å²) in [7, 11) is 0. The maximum Gasteiger partial charge on any atom is 0.0939 e. The fourth-order valence-electron chi connectivity index (χ4n) is 1.45. The van der Waals surface area contributed by atoms with Gasteiger partial charge in [0.25, 0.3) is 0 Å². The normalized spacial score (nSPS) is 11.0. The van der Waals surface area contributed by atoms with Crippen molar-refractivity contribution >= 4 is 21.6 Å². The molecule has 0 radical (unpaired) electrons. The predicted molar refractivity (Wildman–Crippen MR) is 61.7 cm³/mol. The van der Waals surface area contributed by atoms with Gasteiger partial charge in [-0.05, 0) is 37.6 Å². The van der Waals surface area contributed by atoms with Crippen molar-refractivity contribution in [3.8, 4) is 0 Å². The number of aryl methyl sites for hydroxylation is 2. The molecule has 0 amide bonds. The summed E-state index contributed by atoms with van der Waals surface area (Å²) in [5.41, 5.74) is 7.87. The first-order valence-electron chi connectivity index (χ1n) is 4.86. The van der Waals surface area contributed by atoms with E-state index in [1.54, 1.807) is 11.3 Å². The number of thiazole rings is 1. The van der Waals surface area contributed by atoms with E-state index in [4.69, 9.17) is 5.73 Å². The quantitative estimate of drug-likeness (QED) is 0.838. The Balaban J connectivity index is 2.32. The summed E-state index contributed by atoms with van der Waals surface area (Å²) < 4.78 is 1.28. The third-order valence-corrected chi connectivity index (χ3v) is 3.28. The lowest BCUT2D eigenvalue weighted by molar-refractivity contribution is 0.828. The Hall–Kier alpha value is -0.930. The number of aromatic nitrogens is 1. The van der Waals surface area contributed by atoms with E-state index in [0.29, 0.717) is 0 Å². The Morgan fingerprint density at radius 2 is 2.29 bits per heavy atom. The summed E-state index contributed by atoms with van der Waals surface area (Å²) in [6.07, 6.45) is 2.04. The van der Waals surface area contributed by atoms with Crippen molar-refractivity contribution in [1.82, 2.24) is 4.98 Å². The number of hydrogen-bond acceptors (Lipinski definition) is 3. The predicted octanol–water partition coefficient (Wildman–Crippen LogP) is 2.50. The molecule has 0 saturated heterocycles. The molecular formula is C11H14N2S. The summed E-state index contributed by atoms with van der Waals surface area (Å²) in [4.78, 5) is 4.57. The lowest BCUT2D eigenvalue weighted by atomic mass is 10.2. The van der Waals surface area contributed by atoms with Gasteiger partial charge in [-0.3, -0.25) is 0 Å². The highest BCUT2D eigenvalue weighted by atomic mass is 32.1. The molecule has 74 valence electrons. The summed E-state index contributed by atoms with van der Waals surface area (Å²) in [6, 6.07) is 6.42. The van der Waals surface area contributed by atoms with Crippen LogP contribution >= 0.6 is 11.3 Å². The molecule has 0 unspecified atom stereocenters. The molecule has 0 bridgehead atoms. The van der Waals surface area contributed by atoms with Gasteiger partial charge >= 0.3 is 0 Å². The number of hydrogen-bond donors (Lipinski definition) is 1. The van der Waals surface area contributed by atoms with Crippen LogP contribution in [0.25, 0.3) is 10.2 Å². The number of nitrogens with zero attached hydrogens (tertiary/aromatic N) is 1. The van der Waals surface area contributed by atoms with Crippen molar-refractivity contribution in [2.45, 2.75) is 19.8 Å². The number of rotatable bonds is 3. The van der Waals surface area contributed by atoms with Gasteiger partial charge in [-0.1, -0.05) is 6.07 Å². The number of nitrogens with two attached hydrogens (primary N) is 1. The molecule has 14 heavy (non-hydrogen) atoms. The summed E-state index contributed by atoms with van der Waals surface area (Å²) in [6.45, 7) is 2.84. The molecule has 0 aliphatic rings. The monoisotopic (exact) mass is 206 g/mol. The topological polar surface area (TPSA) is 38.9 Å². The zero-order chi connectivity index (χ0) is 9.97. The van der Waals surface area contributed by atoms with Crippen molar-refractivity contribution < 1.29 is 0 Å². The average molecular weight is 206 g/mol. The third kappa shape index (κ3) is 1.94. The summed E-state index contributed by atoms with van der Waals surface area (Å²) in [5, 5.41) is 1.20. The highest BCUT2D eigenvalue weighted by Gasteiger charge is 2.02. The molecule has 3 heteroatoms. The second kappa shape index (κ2) is 4.07. The molecule has 0 aliphatic carbocycles. The molecule has 0 fully saturated rings. The first kappa shape index (κ1) is 9.62. The second-order valence-corrected chi connectivity index (χ2v) is 4.59. The number of fused-ring (bicyclic) bond motifs is 1. The van der Waals surface area contributed by atoms with Gasteiger partial charge in [0, 0.05) is 6.42 Å². The van der Waals surface area contributed by atoms with Crippen LogP contribution in [0.2, 0.25) is 0 Å². The minimum atomic E-state index is 0.745. The fourth-order valence-corrected chi connectivity index (χ4v) is 2.43. The molecule has 1 aromatic heterocycles. The van der Waals surface area contributed by atoms with Crippen molar-refractivity contribution in [3.05, 3.63) is 28.8 Å². The number of benzene rings is 1. The standard InChI is InChI=1S/C11H14N2S/c1-8-4-5-10-9(7-8)13-11(14-10)3-2-6-12/h4-5,7H,2-3,6,12H2,1H3. The van der Waals surface area contributed by atoms with Crippen LogP contribution in [-0.2, 0) is 6.42 Å². The van der Waals surface area contributed by atoms with Gasteiger partial charge in [0.05, 0.1) is 15.2 Å². The first-order valence-corrected chi connectivity index (χ1v) is 5.67. The molecular weight excluding hydrogens is 192 g/mol. The average Bonchev–Trinajstić information content (AvgIpc) is 2.56. The van der Waals surface area contributed by atoms with Crippen LogP contribution in [0.4, 0.5) is 0 Å². The Bertz CT molecular complexity index is 434. The van der Waals surface area contributed by atoms with E-state index in [2.05, 4.69) is 30.1 Å². The minimum absolute atomic E-state index is 0.745. The van der Waals surface area contributed by atoms with Gasteiger partial charge in [-0.25, -0.2) is 4.98 Å². The van der Waals surface area contributed by atoms with Crippen molar-refractivity contribution in [3.63, 3.8) is 0 Å². The molecule has 2 rings (SSSR count). The maximum atomic E-state index is 5.47. The minimum Gasteiger partial charge on any atom is -0.330 e. The van der Waals surface area contributed by atoms with E-state index < -0.39 is 0 Å². The summed E-state index contributed by atoms with van der Waals surface area (Å²) in [5.74, 6) is 0.